The molecule has 0 N–H and O–H groups in total. The van der Waals surface area contributed by atoms with Gasteiger partial charge in [-0.25, -0.2) is 14.6 Å². The number of carbonyl (C=O) groups is 2. The Hall–Kier alpha value is -1.88. The molecular weight excluding hydrogens is 270 g/mol. The molecule has 0 radical (unpaired) electrons. The Labute approximate surface area is 116 Å². The fraction of sp³-hybridized carbons (Fsp3) is 0.308. The molecule has 0 aliphatic heterocycles. The minimum atomic E-state index is -0.586. The molecule has 0 spiro atoms. The molecule has 0 aromatic heterocycles. The summed E-state index contributed by atoms with van der Waals surface area (Å²) in [6, 6.07) is 4.53. The Bertz CT molecular complexity index is 499. The minimum Gasteiger partial charge on any atom is -0.462 e. The van der Waals surface area contributed by atoms with Crippen LogP contribution in [0.2, 0.25) is 5.02 Å². The average molecular weight is 284 g/mol. The van der Waals surface area contributed by atoms with E-state index in [9.17, 15) is 9.59 Å². The van der Waals surface area contributed by atoms with E-state index in [2.05, 4.69) is 4.99 Å². The van der Waals surface area contributed by atoms with Gasteiger partial charge in [0.15, 0.2) is 0 Å². The molecule has 0 fully saturated rings. The van der Waals surface area contributed by atoms with Gasteiger partial charge in [0.1, 0.15) is 6.21 Å². The van der Waals surface area contributed by atoms with Crippen LogP contribution in [0.25, 0.3) is 0 Å². The zero-order chi connectivity index (χ0) is 14.3. The van der Waals surface area contributed by atoms with E-state index in [0.29, 0.717) is 5.02 Å². The Kier molecular flexibility index (Phi) is 6.02. The molecule has 0 saturated carbocycles. The molecule has 1 aromatic carbocycles. The summed E-state index contributed by atoms with van der Waals surface area (Å²) in [6.07, 6.45) is 0.998. The first-order valence-electron chi connectivity index (χ1n) is 5.76. The summed E-state index contributed by atoms with van der Waals surface area (Å²) in [5, 5.41) is 0.407. The number of rotatable bonds is 5. The molecule has 0 aliphatic carbocycles. The zero-order valence-corrected chi connectivity index (χ0v) is 11.4. The van der Waals surface area contributed by atoms with Gasteiger partial charge in [0.2, 0.25) is 0 Å². The third-order valence-electron chi connectivity index (χ3n) is 2.05. The van der Waals surface area contributed by atoms with Crippen molar-refractivity contribution in [2.75, 3.05) is 13.2 Å². The second kappa shape index (κ2) is 7.53. The van der Waals surface area contributed by atoms with Crippen LogP contribution in [0.15, 0.2) is 23.2 Å². The number of hydrogen-bond acceptors (Lipinski definition) is 5. The number of halogens is 1. The zero-order valence-electron chi connectivity index (χ0n) is 10.7. The lowest BCUT2D eigenvalue weighted by Gasteiger charge is -2.05. The topological polar surface area (TPSA) is 65.0 Å². The summed E-state index contributed by atoms with van der Waals surface area (Å²) in [4.78, 5) is 26.8. The highest BCUT2D eigenvalue weighted by molar-refractivity contribution is 6.31. The van der Waals surface area contributed by atoms with Crippen LogP contribution in [0.3, 0.4) is 0 Å². The van der Waals surface area contributed by atoms with Gasteiger partial charge in [0.05, 0.1) is 24.5 Å². The Morgan fingerprint density at radius 2 is 1.95 bits per heavy atom. The third-order valence-corrected chi connectivity index (χ3v) is 2.29. The number of benzene rings is 1. The van der Waals surface area contributed by atoms with E-state index in [4.69, 9.17) is 21.1 Å². The summed E-state index contributed by atoms with van der Waals surface area (Å²) in [7, 11) is 0. The number of nitrogens with zero attached hydrogens (tertiary/aromatic N) is 1. The standard InChI is InChI=1S/C13H14ClNO4/c1-3-18-12(16)8-15-11-7-9(14)5-6-10(11)13(17)19-4-2/h5-8H,3-4H2,1-2H3/b15-8-. The molecule has 0 amide bonds. The Morgan fingerprint density at radius 1 is 1.26 bits per heavy atom. The van der Waals surface area contributed by atoms with Crippen LogP contribution in [-0.4, -0.2) is 31.4 Å². The third kappa shape index (κ3) is 4.71. The van der Waals surface area contributed by atoms with Gasteiger partial charge in [-0.3, -0.25) is 0 Å². The molecule has 19 heavy (non-hydrogen) atoms. The summed E-state index contributed by atoms with van der Waals surface area (Å²) in [5.74, 6) is -1.10. The number of ether oxygens (including phenoxy) is 2. The summed E-state index contributed by atoms with van der Waals surface area (Å²) in [5.41, 5.74) is 0.505. The first kappa shape index (κ1) is 15.2. The molecular formula is C13H14ClNO4. The Balaban J connectivity index is 3.00. The van der Waals surface area contributed by atoms with Crippen LogP contribution in [0.4, 0.5) is 5.69 Å². The minimum absolute atomic E-state index is 0.242. The van der Waals surface area contributed by atoms with Gasteiger partial charge in [-0.05, 0) is 32.0 Å². The lowest BCUT2D eigenvalue weighted by Crippen LogP contribution is -2.06. The van der Waals surface area contributed by atoms with Crippen molar-refractivity contribution < 1.29 is 19.1 Å². The van der Waals surface area contributed by atoms with Gasteiger partial charge in [-0.1, -0.05) is 11.6 Å². The largest absolute Gasteiger partial charge is 0.462 e. The van der Waals surface area contributed by atoms with Gasteiger partial charge in [0, 0.05) is 5.02 Å². The normalized spacial score (nSPS) is 10.5. The van der Waals surface area contributed by atoms with E-state index < -0.39 is 11.9 Å². The monoisotopic (exact) mass is 283 g/mol. The first-order valence-corrected chi connectivity index (χ1v) is 6.13. The molecule has 0 aliphatic rings. The van der Waals surface area contributed by atoms with Crippen LogP contribution in [-0.2, 0) is 14.3 Å². The summed E-state index contributed by atoms with van der Waals surface area (Å²) in [6.45, 7) is 3.90. The second-order valence-electron chi connectivity index (χ2n) is 3.39. The maximum absolute atomic E-state index is 11.7. The SMILES string of the molecule is CCOC(=O)/C=N\c1cc(Cl)ccc1C(=O)OCC. The highest BCUT2D eigenvalue weighted by atomic mass is 35.5. The van der Waals surface area contributed by atoms with Crippen molar-refractivity contribution in [3.8, 4) is 0 Å². The van der Waals surface area contributed by atoms with Crippen molar-refractivity contribution in [2.24, 2.45) is 4.99 Å². The lowest BCUT2D eigenvalue weighted by molar-refractivity contribution is -0.134. The molecule has 0 saturated heterocycles. The van der Waals surface area contributed by atoms with Gasteiger partial charge in [-0.15, -0.1) is 0 Å². The molecule has 102 valence electrons. The highest BCUT2D eigenvalue weighted by Gasteiger charge is 2.12. The molecule has 1 rings (SSSR count). The number of aliphatic imine (C=N–C) groups is 1. The van der Waals surface area contributed by atoms with Crippen molar-refractivity contribution in [1.82, 2.24) is 0 Å². The fourth-order valence-corrected chi connectivity index (χ4v) is 1.46. The molecule has 0 atom stereocenters. The van der Waals surface area contributed by atoms with Crippen LogP contribution in [0.1, 0.15) is 24.2 Å². The van der Waals surface area contributed by atoms with Crippen LogP contribution >= 0.6 is 11.6 Å². The Morgan fingerprint density at radius 3 is 2.58 bits per heavy atom. The van der Waals surface area contributed by atoms with Crippen LogP contribution in [0.5, 0.6) is 0 Å². The molecule has 0 bridgehead atoms. The van der Waals surface area contributed by atoms with Crippen molar-refractivity contribution >= 4 is 35.4 Å². The van der Waals surface area contributed by atoms with Gasteiger partial charge < -0.3 is 9.47 Å². The van der Waals surface area contributed by atoms with E-state index in [0.717, 1.165) is 6.21 Å². The van der Waals surface area contributed by atoms with Gasteiger partial charge in [0.25, 0.3) is 0 Å². The summed E-state index contributed by atoms with van der Waals surface area (Å²) >= 11 is 5.83. The van der Waals surface area contributed by atoms with Gasteiger partial charge >= 0.3 is 11.9 Å². The lowest BCUT2D eigenvalue weighted by atomic mass is 10.2. The number of hydrogen-bond donors (Lipinski definition) is 0. The van der Waals surface area contributed by atoms with Crippen LogP contribution in [0, 0.1) is 0 Å². The van der Waals surface area contributed by atoms with E-state index >= 15 is 0 Å². The maximum atomic E-state index is 11.7. The van der Waals surface area contributed by atoms with Crippen molar-refractivity contribution in [3.63, 3.8) is 0 Å². The molecule has 1 aromatic rings. The molecule has 6 heteroatoms. The van der Waals surface area contributed by atoms with Crippen molar-refractivity contribution in [3.05, 3.63) is 28.8 Å². The fourth-order valence-electron chi connectivity index (χ4n) is 1.29. The molecule has 0 heterocycles. The summed E-state index contributed by atoms with van der Waals surface area (Å²) < 4.78 is 9.59. The van der Waals surface area contributed by atoms with Crippen LogP contribution < -0.4 is 0 Å². The van der Waals surface area contributed by atoms with E-state index in [1.54, 1.807) is 19.9 Å². The molecule has 5 nitrogen and oxygen atoms in total. The quantitative estimate of drug-likeness (QED) is 0.616. The highest BCUT2D eigenvalue weighted by Crippen LogP contribution is 2.24. The smallest absolute Gasteiger partial charge is 0.349 e. The molecule has 0 unspecified atom stereocenters. The maximum Gasteiger partial charge on any atom is 0.349 e. The number of carbonyl (C=O) groups excluding carboxylic acids is 2. The first-order chi connectivity index (χ1) is 9.08. The second-order valence-corrected chi connectivity index (χ2v) is 3.83. The van der Waals surface area contributed by atoms with E-state index in [1.165, 1.54) is 12.1 Å². The van der Waals surface area contributed by atoms with Crippen molar-refractivity contribution in [1.29, 1.82) is 0 Å². The predicted octanol–water partition coefficient (Wildman–Crippen LogP) is 2.78. The van der Waals surface area contributed by atoms with Gasteiger partial charge in [-0.2, -0.15) is 0 Å². The van der Waals surface area contributed by atoms with E-state index in [-0.39, 0.29) is 24.5 Å². The number of esters is 2. The predicted molar refractivity (Wildman–Crippen MR) is 72.2 cm³/mol. The average Bonchev–Trinajstić information content (AvgIpc) is 2.37. The van der Waals surface area contributed by atoms with E-state index in [1.807, 2.05) is 0 Å². The van der Waals surface area contributed by atoms with Crippen molar-refractivity contribution in [2.45, 2.75) is 13.8 Å².